The first-order chi connectivity index (χ1) is 11.9. The molecule has 1 aromatic carbocycles. The molecule has 25 heavy (non-hydrogen) atoms. The monoisotopic (exact) mass is 367 g/mol. The highest BCUT2D eigenvalue weighted by atomic mass is 35.5. The lowest BCUT2D eigenvalue weighted by Crippen LogP contribution is -2.26. The number of nitrogens with one attached hydrogen (secondary N) is 2. The molecule has 1 amide bonds. The number of amides is 1. The molecule has 1 aromatic rings. The number of hydrogen-bond donors (Lipinski definition) is 3. The van der Waals surface area contributed by atoms with Crippen LogP contribution in [0.2, 0.25) is 5.02 Å². The topological polar surface area (TPSA) is 121 Å². The van der Waals surface area contributed by atoms with E-state index in [1.807, 2.05) is 0 Å². The Labute approximate surface area is 150 Å². The van der Waals surface area contributed by atoms with Crippen LogP contribution < -0.4 is 20.1 Å². The molecule has 0 aliphatic heterocycles. The number of hydrogen-bond acceptors (Lipinski definition) is 6. The first-order valence-corrected chi connectivity index (χ1v) is 7.59. The van der Waals surface area contributed by atoms with E-state index < -0.39 is 11.9 Å². The molecule has 0 saturated heterocycles. The first kappa shape index (κ1) is 20.1. The van der Waals surface area contributed by atoms with Crippen LogP contribution in [-0.2, 0) is 9.59 Å². The van der Waals surface area contributed by atoms with E-state index in [0.29, 0.717) is 22.2 Å². The molecule has 3 N–H and O–H groups in total. The second kappa shape index (κ2) is 10.1. The molecular weight excluding hydrogens is 350 g/mol. The molecule has 0 bridgehead atoms. The molecular formula is C16H18ClN3O5. The van der Waals surface area contributed by atoms with E-state index in [1.54, 1.807) is 12.1 Å². The van der Waals surface area contributed by atoms with E-state index >= 15 is 0 Å². The van der Waals surface area contributed by atoms with Crippen molar-refractivity contribution in [1.29, 1.82) is 5.26 Å². The minimum atomic E-state index is -0.948. The molecule has 0 radical (unpaired) electrons. The van der Waals surface area contributed by atoms with Gasteiger partial charge in [-0.3, -0.25) is 9.59 Å². The Balaban J connectivity index is 2.82. The minimum Gasteiger partial charge on any atom is -0.495 e. The van der Waals surface area contributed by atoms with Crippen LogP contribution in [0.15, 0.2) is 23.9 Å². The van der Waals surface area contributed by atoms with Crippen LogP contribution in [0, 0.1) is 11.3 Å². The van der Waals surface area contributed by atoms with Crippen LogP contribution >= 0.6 is 11.6 Å². The van der Waals surface area contributed by atoms with Gasteiger partial charge in [-0.15, -0.1) is 0 Å². The predicted octanol–water partition coefficient (Wildman–Crippen LogP) is 2.16. The van der Waals surface area contributed by atoms with Crippen molar-refractivity contribution < 1.29 is 24.2 Å². The number of ether oxygens (including phenoxy) is 2. The Morgan fingerprint density at radius 3 is 2.56 bits per heavy atom. The molecule has 0 fully saturated rings. The van der Waals surface area contributed by atoms with Crippen LogP contribution in [-0.4, -0.2) is 37.7 Å². The maximum Gasteiger partial charge on any atom is 0.303 e. The summed E-state index contributed by atoms with van der Waals surface area (Å²) in [6, 6.07) is 4.87. The number of carbonyl (C=O) groups is 2. The van der Waals surface area contributed by atoms with Gasteiger partial charge in [0.05, 0.1) is 24.9 Å². The highest BCUT2D eigenvalue weighted by Gasteiger charge is 2.12. The zero-order valence-electron chi connectivity index (χ0n) is 13.8. The molecule has 8 nitrogen and oxygen atoms in total. The molecule has 0 aliphatic rings. The minimum absolute atomic E-state index is 0.0636. The van der Waals surface area contributed by atoms with E-state index in [2.05, 4.69) is 10.6 Å². The SMILES string of the molecule is COc1cc(N/C=C(/C#N)C(=O)NCCCC(=O)O)c(OC)cc1Cl. The van der Waals surface area contributed by atoms with Crippen molar-refractivity contribution in [3.63, 3.8) is 0 Å². The number of nitrogens with zero attached hydrogens (tertiary/aromatic N) is 1. The first-order valence-electron chi connectivity index (χ1n) is 7.21. The maximum atomic E-state index is 11.9. The molecule has 0 aromatic heterocycles. The Bertz CT molecular complexity index is 712. The fraction of sp³-hybridized carbons (Fsp3) is 0.312. The van der Waals surface area contributed by atoms with Gasteiger partial charge < -0.3 is 25.2 Å². The summed E-state index contributed by atoms with van der Waals surface area (Å²) >= 11 is 6.01. The number of carboxylic acids is 1. The van der Waals surface area contributed by atoms with Crippen molar-refractivity contribution in [2.24, 2.45) is 0 Å². The third-order valence-electron chi connectivity index (χ3n) is 3.06. The Morgan fingerprint density at radius 2 is 2.00 bits per heavy atom. The van der Waals surface area contributed by atoms with Gasteiger partial charge in [0, 0.05) is 31.3 Å². The number of benzene rings is 1. The lowest BCUT2D eigenvalue weighted by Gasteiger charge is -2.12. The molecule has 0 atom stereocenters. The highest BCUT2D eigenvalue weighted by molar-refractivity contribution is 6.32. The van der Waals surface area contributed by atoms with Gasteiger partial charge >= 0.3 is 5.97 Å². The fourth-order valence-corrected chi connectivity index (χ4v) is 2.04. The van der Waals surface area contributed by atoms with Gasteiger partial charge in [0.1, 0.15) is 23.1 Å². The van der Waals surface area contributed by atoms with E-state index in [4.69, 9.17) is 31.4 Å². The summed E-state index contributed by atoms with van der Waals surface area (Å²) in [4.78, 5) is 22.3. The van der Waals surface area contributed by atoms with Crippen molar-refractivity contribution in [3.8, 4) is 17.6 Å². The summed E-state index contributed by atoms with van der Waals surface area (Å²) in [7, 11) is 2.91. The second-order valence-electron chi connectivity index (χ2n) is 4.75. The Morgan fingerprint density at radius 1 is 1.32 bits per heavy atom. The zero-order chi connectivity index (χ0) is 18.8. The lowest BCUT2D eigenvalue weighted by molar-refractivity contribution is -0.137. The predicted molar refractivity (Wildman–Crippen MR) is 91.8 cm³/mol. The van der Waals surface area contributed by atoms with Crippen molar-refractivity contribution in [2.75, 3.05) is 26.1 Å². The highest BCUT2D eigenvalue weighted by Crippen LogP contribution is 2.35. The van der Waals surface area contributed by atoms with Crippen molar-refractivity contribution >= 4 is 29.2 Å². The van der Waals surface area contributed by atoms with E-state index in [-0.39, 0.29) is 25.0 Å². The number of halogens is 1. The van der Waals surface area contributed by atoms with Gasteiger partial charge in [-0.2, -0.15) is 5.26 Å². The largest absolute Gasteiger partial charge is 0.495 e. The Kier molecular flexibility index (Phi) is 8.09. The van der Waals surface area contributed by atoms with E-state index in [0.717, 1.165) is 0 Å². The third kappa shape index (κ3) is 6.24. The van der Waals surface area contributed by atoms with Gasteiger partial charge in [0.25, 0.3) is 5.91 Å². The number of carbonyl (C=O) groups excluding carboxylic acids is 1. The van der Waals surface area contributed by atoms with E-state index in [1.165, 1.54) is 26.5 Å². The third-order valence-corrected chi connectivity index (χ3v) is 3.36. The summed E-state index contributed by atoms with van der Waals surface area (Å²) in [5.74, 6) is -0.757. The number of anilines is 1. The van der Waals surface area contributed by atoms with Gasteiger partial charge in [0.15, 0.2) is 0 Å². The number of rotatable bonds is 9. The number of carboxylic acid groups (broad SMARTS) is 1. The molecule has 0 heterocycles. The number of methoxy groups -OCH3 is 2. The smallest absolute Gasteiger partial charge is 0.303 e. The average Bonchev–Trinajstić information content (AvgIpc) is 2.59. The second-order valence-corrected chi connectivity index (χ2v) is 5.16. The maximum absolute atomic E-state index is 11.9. The summed E-state index contributed by atoms with van der Waals surface area (Å²) < 4.78 is 10.3. The molecule has 0 saturated carbocycles. The zero-order valence-corrected chi connectivity index (χ0v) is 14.5. The van der Waals surface area contributed by atoms with Gasteiger partial charge in [-0.1, -0.05) is 11.6 Å². The lowest BCUT2D eigenvalue weighted by atomic mass is 10.2. The molecule has 9 heteroatoms. The number of nitriles is 1. The standard InChI is InChI=1S/C16H18ClN3O5/c1-24-13-7-12(14(25-2)6-11(13)17)20-9-10(8-18)16(23)19-5-3-4-15(21)22/h6-7,9,20H,3-5H2,1-2H3,(H,19,23)(H,21,22)/b10-9-. The van der Waals surface area contributed by atoms with Crippen LogP contribution in [0.4, 0.5) is 5.69 Å². The molecule has 0 unspecified atom stereocenters. The van der Waals surface area contributed by atoms with Gasteiger partial charge in [-0.05, 0) is 6.42 Å². The van der Waals surface area contributed by atoms with Crippen molar-refractivity contribution in [2.45, 2.75) is 12.8 Å². The molecule has 1 rings (SSSR count). The summed E-state index contributed by atoms with van der Waals surface area (Å²) in [6.07, 6.45) is 1.43. The van der Waals surface area contributed by atoms with Crippen LogP contribution in [0.1, 0.15) is 12.8 Å². The Hall–Kier alpha value is -2.92. The van der Waals surface area contributed by atoms with Gasteiger partial charge in [-0.25, -0.2) is 0 Å². The average molecular weight is 368 g/mol. The quantitative estimate of drug-likeness (QED) is 0.347. The summed E-state index contributed by atoms with van der Waals surface area (Å²) in [5, 5.41) is 23.3. The molecule has 0 aliphatic carbocycles. The molecule has 134 valence electrons. The van der Waals surface area contributed by atoms with E-state index in [9.17, 15) is 9.59 Å². The fourth-order valence-electron chi connectivity index (χ4n) is 1.81. The van der Waals surface area contributed by atoms with Crippen LogP contribution in [0.25, 0.3) is 0 Å². The van der Waals surface area contributed by atoms with Crippen LogP contribution in [0.3, 0.4) is 0 Å². The van der Waals surface area contributed by atoms with Crippen molar-refractivity contribution in [1.82, 2.24) is 5.32 Å². The molecule has 0 spiro atoms. The van der Waals surface area contributed by atoms with Crippen molar-refractivity contribution in [3.05, 3.63) is 28.9 Å². The normalized spacial score (nSPS) is 10.6. The van der Waals surface area contributed by atoms with Crippen LogP contribution in [0.5, 0.6) is 11.5 Å². The summed E-state index contributed by atoms with van der Waals surface area (Å²) in [5.41, 5.74) is 0.279. The summed E-state index contributed by atoms with van der Waals surface area (Å²) in [6.45, 7) is 0.155. The van der Waals surface area contributed by atoms with Gasteiger partial charge in [0.2, 0.25) is 0 Å². The number of aliphatic carboxylic acids is 1.